The number of nitrogens with zero attached hydrogens (tertiary/aromatic N) is 5. The number of rotatable bonds is 4. The molecule has 1 fully saturated rings. The first-order chi connectivity index (χ1) is 11.7. The van der Waals surface area contributed by atoms with Gasteiger partial charge in [-0.25, -0.2) is 9.67 Å². The van der Waals surface area contributed by atoms with Crippen LogP contribution in [-0.4, -0.2) is 38.9 Å². The summed E-state index contributed by atoms with van der Waals surface area (Å²) in [6, 6.07) is 5.93. The summed E-state index contributed by atoms with van der Waals surface area (Å²) in [4.78, 5) is 11.4. The minimum atomic E-state index is 0.307. The van der Waals surface area contributed by atoms with Gasteiger partial charge in [0.25, 0.3) is 0 Å². The highest BCUT2D eigenvalue weighted by Crippen LogP contribution is 2.32. The lowest BCUT2D eigenvalue weighted by atomic mass is 10.1. The third-order valence-electron chi connectivity index (χ3n) is 4.44. The molecule has 7 heteroatoms. The van der Waals surface area contributed by atoms with Crippen molar-refractivity contribution < 1.29 is 4.74 Å². The normalized spacial score (nSPS) is 16.2. The second kappa shape index (κ2) is 6.49. The van der Waals surface area contributed by atoms with Crippen LogP contribution in [0.1, 0.15) is 24.2 Å². The highest BCUT2D eigenvalue weighted by molar-refractivity contribution is 7.22. The molecule has 126 valence electrons. The van der Waals surface area contributed by atoms with Gasteiger partial charge in [-0.05, 0) is 31.9 Å². The molecular weight excluding hydrogens is 322 g/mol. The molecule has 0 radical (unpaired) electrons. The zero-order valence-electron chi connectivity index (χ0n) is 14.0. The van der Waals surface area contributed by atoms with Crippen LogP contribution in [0.15, 0.2) is 24.4 Å². The van der Waals surface area contributed by atoms with Crippen molar-refractivity contribution in [2.24, 2.45) is 7.05 Å². The second-order valence-corrected chi connectivity index (χ2v) is 7.15. The Bertz CT molecular complexity index is 786. The fourth-order valence-electron chi connectivity index (χ4n) is 3.11. The van der Waals surface area contributed by atoms with Gasteiger partial charge in [-0.3, -0.25) is 4.98 Å². The number of hydrogen-bond acceptors (Lipinski definition) is 6. The van der Waals surface area contributed by atoms with E-state index in [-0.39, 0.29) is 0 Å². The van der Waals surface area contributed by atoms with Crippen molar-refractivity contribution in [3.05, 3.63) is 35.8 Å². The molecular formula is C17H21N5OS. The smallest absolute Gasteiger partial charge is 0.188 e. The van der Waals surface area contributed by atoms with E-state index in [1.807, 2.05) is 43.0 Å². The van der Waals surface area contributed by atoms with E-state index in [4.69, 9.17) is 9.72 Å². The van der Waals surface area contributed by atoms with Crippen LogP contribution in [0.25, 0.3) is 10.3 Å². The summed E-state index contributed by atoms with van der Waals surface area (Å²) in [5, 5.41) is 5.52. The SMILES string of the molecule is Cc1nn(C)c2nc(N3CCC(OCc4ccccn4)CC3)sc12. The molecule has 6 nitrogen and oxygen atoms in total. The zero-order chi connectivity index (χ0) is 16.5. The monoisotopic (exact) mass is 343 g/mol. The molecule has 1 aliphatic heterocycles. The van der Waals surface area contributed by atoms with Crippen LogP contribution in [-0.2, 0) is 18.4 Å². The van der Waals surface area contributed by atoms with E-state index in [0.29, 0.717) is 12.7 Å². The lowest BCUT2D eigenvalue weighted by Gasteiger charge is -2.31. The lowest BCUT2D eigenvalue weighted by molar-refractivity contribution is 0.0234. The van der Waals surface area contributed by atoms with Crippen LogP contribution in [0.4, 0.5) is 5.13 Å². The summed E-state index contributed by atoms with van der Waals surface area (Å²) in [6.45, 7) is 4.61. The fourth-order valence-corrected chi connectivity index (χ4v) is 4.19. The molecule has 0 unspecified atom stereocenters. The van der Waals surface area contributed by atoms with E-state index in [0.717, 1.165) is 48.1 Å². The predicted molar refractivity (Wildman–Crippen MR) is 95.4 cm³/mol. The van der Waals surface area contributed by atoms with E-state index in [1.54, 1.807) is 11.3 Å². The number of anilines is 1. The Kier molecular flexibility index (Phi) is 4.20. The molecule has 0 aliphatic carbocycles. The van der Waals surface area contributed by atoms with Crippen molar-refractivity contribution in [1.29, 1.82) is 0 Å². The summed E-state index contributed by atoms with van der Waals surface area (Å²) < 4.78 is 9.08. The van der Waals surface area contributed by atoms with Gasteiger partial charge in [0.2, 0.25) is 0 Å². The van der Waals surface area contributed by atoms with Crippen LogP contribution in [0.2, 0.25) is 0 Å². The van der Waals surface area contributed by atoms with Crippen LogP contribution in [0.5, 0.6) is 0 Å². The Morgan fingerprint density at radius 3 is 2.83 bits per heavy atom. The maximum absolute atomic E-state index is 6.02. The molecule has 3 aromatic heterocycles. The molecule has 3 aromatic rings. The van der Waals surface area contributed by atoms with Gasteiger partial charge >= 0.3 is 0 Å². The first-order valence-corrected chi connectivity index (χ1v) is 9.09. The van der Waals surface area contributed by atoms with Crippen molar-refractivity contribution >= 4 is 26.8 Å². The van der Waals surface area contributed by atoms with E-state index in [9.17, 15) is 0 Å². The van der Waals surface area contributed by atoms with Crippen molar-refractivity contribution in [1.82, 2.24) is 19.7 Å². The average molecular weight is 343 g/mol. The predicted octanol–water partition coefficient (Wildman–Crippen LogP) is 2.92. The third-order valence-corrected chi connectivity index (χ3v) is 5.65. The summed E-state index contributed by atoms with van der Waals surface area (Å²) in [7, 11) is 1.95. The molecule has 0 spiro atoms. The number of ether oxygens (including phenoxy) is 1. The Hall–Kier alpha value is -1.99. The number of aromatic nitrogens is 4. The van der Waals surface area contributed by atoms with Crippen molar-refractivity contribution in [3.63, 3.8) is 0 Å². The van der Waals surface area contributed by atoms with Gasteiger partial charge in [-0.15, -0.1) is 0 Å². The van der Waals surface area contributed by atoms with Crippen LogP contribution in [0.3, 0.4) is 0 Å². The summed E-state index contributed by atoms with van der Waals surface area (Å²) >= 11 is 1.74. The first kappa shape index (κ1) is 15.5. The van der Waals surface area contributed by atoms with E-state index in [1.165, 1.54) is 4.70 Å². The number of pyridine rings is 1. The highest BCUT2D eigenvalue weighted by Gasteiger charge is 2.23. The minimum Gasteiger partial charge on any atom is -0.372 e. The van der Waals surface area contributed by atoms with E-state index >= 15 is 0 Å². The molecule has 0 bridgehead atoms. The molecule has 1 aliphatic rings. The minimum absolute atomic E-state index is 0.307. The van der Waals surface area contributed by atoms with Crippen LogP contribution >= 0.6 is 11.3 Å². The maximum atomic E-state index is 6.02. The highest BCUT2D eigenvalue weighted by atomic mass is 32.1. The third kappa shape index (κ3) is 3.01. The Balaban J connectivity index is 1.36. The van der Waals surface area contributed by atoms with E-state index in [2.05, 4.69) is 15.0 Å². The van der Waals surface area contributed by atoms with Gasteiger partial charge in [0.1, 0.15) is 0 Å². The molecule has 4 rings (SSSR count). The van der Waals surface area contributed by atoms with Gasteiger partial charge in [-0.2, -0.15) is 5.10 Å². The Morgan fingerprint density at radius 1 is 1.29 bits per heavy atom. The molecule has 0 N–H and O–H groups in total. The van der Waals surface area contributed by atoms with Gasteiger partial charge in [-0.1, -0.05) is 17.4 Å². The molecule has 1 saturated heterocycles. The Morgan fingerprint density at radius 2 is 2.12 bits per heavy atom. The second-order valence-electron chi connectivity index (χ2n) is 6.18. The number of aryl methyl sites for hydroxylation is 2. The van der Waals surface area contributed by atoms with Gasteiger partial charge in [0.15, 0.2) is 10.8 Å². The molecule has 24 heavy (non-hydrogen) atoms. The van der Waals surface area contributed by atoms with Gasteiger partial charge < -0.3 is 9.64 Å². The summed E-state index contributed by atoms with van der Waals surface area (Å²) in [5.41, 5.74) is 3.04. The molecule has 0 saturated carbocycles. The summed E-state index contributed by atoms with van der Waals surface area (Å²) in [5.74, 6) is 0. The lowest BCUT2D eigenvalue weighted by Crippen LogP contribution is -2.37. The van der Waals surface area contributed by atoms with Crippen molar-refractivity contribution in [2.75, 3.05) is 18.0 Å². The van der Waals surface area contributed by atoms with Crippen LogP contribution in [0, 0.1) is 6.92 Å². The van der Waals surface area contributed by atoms with E-state index < -0.39 is 0 Å². The molecule has 0 aromatic carbocycles. The van der Waals surface area contributed by atoms with Crippen molar-refractivity contribution in [2.45, 2.75) is 32.5 Å². The molecule has 0 amide bonds. The van der Waals surface area contributed by atoms with Gasteiger partial charge in [0, 0.05) is 26.3 Å². The number of fused-ring (bicyclic) bond motifs is 1. The average Bonchev–Trinajstić information content (AvgIpc) is 3.16. The quantitative estimate of drug-likeness (QED) is 0.729. The first-order valence-electron chi connectivity index (χ1n) is 8.27. The molecule has 4 heterocycles. The fraction of sp³-hybridized carbons (Fsp3) is 0.471. The van der Waals surface area contributed by atoms with Crippen LogP contribution < -0.4 is 4.90 Å². The molecule has 0 atom stereocenters. The number of hydrogen-bond donors (Lipinski definition) is 0. The topological polar surface area (TPSA) is 56.1 Å². The zero-order valence-corrected chi connectivity index (χ0v) is 14.8. The standard InChI is InChI=1S/C17H21N5OS/c1-12-15-16(21(2)20-12)19-17(24-15)22-9-6-14(7-10-22)23-11-13-5-3-4-8-18-13/h3-5,8,14H,6-7,9-11H2,1-2H3. The maximum Gasteiger partial charge on any atom is 0.188 e. The largest absolute Gasteiger partial charge is 0.372 e. The van der Waals surface area contributed by atoms with Gasteiger partial charge in [0.05, 0.1) is 28.8 Å². The Labute approximate surface area is 145 Å². The van der Waals surface area contributed by atoms with Crippen molar-refractivity contribution in [3.8, 4) is 0 Å². The number of thiazole rings is 1. The number of piperidine rings is 1. The summed E-state index contributed by atoms with van der Waals surface area (Å²) in [6.07, 6.45) is 4.17.